The smallest absolute Gasteiger partial charge is 0.369 e. The van der Waals surface area contributed by atoms with Crippen LogP contribution in [0.5, 0.6) is 5.75 Å². The van der Waals surface area contributed by atoms with Gasteiger partial charge in [-0.2, -0.15) is 10.4 Å². The Balaban J connectivity index is 2.77. The first kappa shape index (κ1) is 13.5. The Morgan fingerprint density at radius 1 is 1.56 bits per heavy atom. The number of nitrogens with zero attached hydrogens (tertiary/aromatic N) is 2. The predicted octanol–water partition coefficient (Wildman–Crippen LogP) is 1.55. The number of hydrogen-bond acceptors (Lipinski definition) is 6. The van der Waals surface area contributed by atoms with Crippen LogP contribution in [0.2, 0.25) is 0 Å². The van der Waals surface area contributed by atoms with Crippen LogP contribution in [0, 0.1) is 11.3 Å². The molecule has 0 saturated carbocycles. The summed E-state index contributed by atoms with van der Waals surface area (Å²) in [7, 11) is 1.54. The number of methoxy groups -OCH3 is 1. The van der Waals surface area contributed by atoms with Crippen molar-refractivity contribution in [3.05, 3.63) is 24.3 Å². The van der Waals surface area contributed by atoms with Crippen molar-refractivity contribution >= 4 is 17.4 Å². The van der Waals surface area contributed by atoms with Gasteiger partial charge in [0.25, 0.3) is 0 Å². The Labute approximate surface area is 105 Å². The summed E-state index contributed by atoms with van der Waals surface area (Å²) in [6, 6.07) is 8.61. The topological polar surface area (TPSA) is 83.7 Å². The zero-order valence-electron chi connectivity index (χ0n) is 10.1. The highest BCUT2D eigenvalue weighted by atomic mass is 16.5. The lowest BCUT2D eigenvalue weighted by Gasteiger charge is -2.04. The fourth-order valence-electron chi connectivity index (χ4n) is 1.13. The highest BCUT2D eigenvalue weighted by molar-refractivity contribution is 6.43. The Bertz CT molecular complexity index is 492. The molecule has 0 aromatic heterocycles. The summed E-state index contributed by atoms with van der Waals surface area (Å²) in [5.74, 6) is -0.111. The third kappa shape index (κ3) is 3.79. The van der Waals surface area contributed by atoms with Gasteiger partial charge in [-0.05, 0) is 19.1 Å². The van der Waals surface area contributed by atoms with Crippen LogP contribution in [-0.4, -0.2) is 25.4 Å². The lowest BCUT2D eigenvalue weighted by Crippen LogP contribution is -2.17. The van der Waals surface area contributed by atoms with Crippen molar-refractivity contribution in [1.29, 1.82) is 5.26 Å². The van der Waals surface area contributed by atoms with Gasteiger partial charge in [-0.25, -0.2) is 4.79 Å². The lowest BCUT2D eigenvalue weighted by molar-refractivity contribution is -0.134. The van der Waals surface area contributed by atoms with Crippen LogP contribution in [0.15, 0.2) is 29.4 Å². The van der Waals surface area contributed by atoms with E-state index in [0.717, 1.165) is 0 Å². The van der Waals surface area contributed by atoms with E-state index in [1.807, 2.05) is 0 Å². The molecule has 6 nitrogen and oxygen atoms in total. The minimum atomic E-state index is -0.754. The third-order valence-electron chi connectivity index (χ3n) is 1.94. The summed E-state index contributed by atoms with van der Waals surface area (Å²) in [6.07, 6.45) is 0. The SMILES string of the molecule is CCOC(=O)/C(C#N)=N/Nc1cccc(OC)c1. The predicted molar refractivity (Wildman–Crippen MR) is 66.3 cm³/mol. The summed E-state index contributed by atoms with van der Waals surface area (Å²) in [6.45, 7) is 1.85. The molecule has 1 aromatic carbocycles. The molecule has 0 aliphatic carbocycles. The van der Waals surface area contributed by atoms with Crippen LogP contribution >= 0.6 is 0 Å². The largest absolute Gasteiger partial charge is 0.497 e. The van der Waals surface area contributed by atoms with E-state index in [4.69, 9.17) is 10.00 Å². The molecule has 0 bridgehead atoms. The van der Waals surface area contributed by atoms with E-state index >= 15 is 0 Å². The highest BCUT2D eigenvalue weighted by Crippen LogP contribution is 2.16. The molecule has 0 saturated heterocycles. The maximum absolute atomic E-state index is 11.3. The summed E-state index contributed by atoms with van der Waals surface area (Å²) in [5, 5.41) is 12.4. The first-order chi connectivity index (χ1) is 8.71. The zero-order chi connectivity index (χ0) is 13.4. The number of esters is 1. The van der Waals surface area contributed by atoms with Gasteiger partial charge in [-0.3, -0.25) is 5.43 Å². The molecule has 94 valence electrons. The zero-order valence-corrected chi connectivity index (χ0v) is 10.1. The monoisotopic (exact) mass is 247 g/mol. The molecule has 0 fully saturated rings. The molecular weight excluding hydrogens is 234 g/mol. The maximum Gasteiger partial charge on any atom is 0.369 e. The Morgan fingerprint density at radius 2 is 2.33 bits per heavy atom. The number of hydrazone groups is 1. The van der Waals surface area contributed by atoms with E-state index in [-0.39, 0.29) is 12.3 Å². The number of rotatable bonds is 5. The highest BCUT2D eigenvalue weighted by Gasteiger charge is 2.11. The summed E-state index contributed by atoms with van der Waals surface area (Å²) >= 11 is 0. The molecule has 1 aromatic rings. The number of benzene rings is 1. The van der Waals surface area contributed by atoms with Gasteiger partial charge in [0.1, 0.15) is 11.8 Å². The van der Waals surface area contributed by atoms with Crippen molar-refractivity contribution in [2.24, 2.45) is 5.10 Å². The van der Waals surface area contributed by atoms with Gasteiger partial charge in [0, 0.05) is 6.07 Å². The van der Waals surface area contributed by atoms with Crippen LogP contribution in [0.25, 0.3) is 0 Å². The molecule has 0 atom stereocenters. The quantitative estimate of drug-likeness (QED) is 0.485. The van der Waals surface area contributed by atoms with E-state index in [1.165, 1.54) is 0 Å². The van der Waals surface area contributed by atoms with Gasteiger partial charge in [0.2, 0.25) is 5.71 Å². The Kier molecular flexibility index (Phi) is 5.19. The van der Waals surface area contributed by atoms with Crippen molar-refractivity contribution in [3.8, 4) is 11.8 Å². The number of hydrogen-bond donors (Lipinski definition) is 1. The molecule has 0 unspecified atom stereocenters. The average Bonchev–Trinajstić information content (AvgIpc) is 2.40. The lowest BCUT2D eigenvalue weighted by atomic mass is 10.3. The van der Waals surface area contributed by atoms with Crippen molar-refractivity contribution in [3.63, 3.8) is 0 Å². The van der Waals surface area contributed by atoms with E-state index in [9.17, 15) is 4.79 Å². The molecule has 0 amide bonds. The van der Waals surface area contributed by atoms with E-state index in [0.29, 0.717) is 11.4 Å². The molecule has 6 heteroatoms. The second-order valence-electron chi connectivity index (χ2n) is 3.14. The van der Waals surface area contributed by atoms with Crippen LogP contribution in [-0.2, 0) is 9.53 Å². The fourth-order valence-corrected chi connectivity index (χ4v) is 1.13. The minimum absolute atomic E-state index is 0.193. The summed E-state index contributed by atoms with van der Waals surface area (Å²) in [4.78, 5) is 11.3. The van der Waals surface area contributed by atoms with Crippen LogP contribution in [0.1, 0.15) is 6.92 Å². The molecule has 0 heterocycles. The van der Waals surface area contributed by atoms with Gasteiger partial charge < -0.3 is 9.47 Å². The van der Waals surface area contributed by atoms with Gasteiger partial charge in [-0.1, -0.05) is 6.07 Å². The van der Waals surface area contributed by atoms with Gasteiger partial charge in [0.15, 0.2) is 0 Å². The Morgan fingerprint density at radius 3 is 2.94 bits per heavy atom. The van der Waals surface area contributed by atoms with Crippen molar-refractivity contribution in [1.82, 2.24) is 0 Å². The van der Waals surface area contributed by atoms with Crippen molar-refractivity contribution in [2.45, 2.75) is 6.92 Å². The summed E-state index contributed by atoms with van der Waals surface area (Å²) in [5.41, 5.74) is 2.86. The standard InChI is InChI=1S/C12H13N3O3/c1-3-18-12(16)11(8-13)15-14-9-5-4-6-10(7-9)17-2/h4-7,14H,3H2,1-2H3/b15-11+. The number of carbonyl (C=O) groups is 1. The summed E-state index contributed by atoms with van der Waals surface area (Å²) < 4.78 is 9.70. The maximum atomic E-state index is 11.3. The molecule has 0 spiro atoms. The van der Waals surface area contributed by atoms with Crippen molar-refractivity contribution in [2.75, 3.05) is 19.1 Å². The third-order valence-corrected chi connectivity index (χ3v) is 1.94. The Hall–Kier alpha value is -2.55. The normalized spacial score (nSPS) is 10.4. The minimum Gasteiger partial charge on any atom is -0.497 e. The van der Waals surface area contributed by atoms with Gasteiger partial charge >= 0.3 is 5.97 Å². The second kappa shape index (κ2) is 6.91. The first-order valence-corrected chi connectivity index (χ1v) is 5.26. The average molecular weight is 247 g/mol. The van der Waals surface area contributed by atoms with E-state index in [1.54, 1.807) is 44.4 Å². The molecule has 1 rings (SSSR count). The molecule has 0 aliphatic rings. The van der Waals surface area contributed by atoms with Gasteiger partial charge in [-0.15, -0.1) is 0 Å². The van der Waals surface area contributed by atoms with Crippen LogP contribution in [0.3, 0.4) is 0 Å². The second-order valence-corrected chi connectivity index (χ2v) is 3.14. The number of nitrogens with one attached hydrogen (secondary N) is 1. The number of ether oxygens (including phenoxy) is 2. The van der Waals surface area contributed by atoms with Crippen molar-refractivity contribution < 1.29 is 14.3 Å². The van der Waals surface area contributed by atoms with Crippen LogP contribution < -0.4 is 10.2 Å². The van der Waals surface area contributed by atoms with E-state index in [2.05, 4.69) is 15.3 Å². The molecule has 18 heavy (non-hydrogen) atoms. The number of anilines is 1. The molecular formula is C12H13N3O3. The van der Waals surface area contributed by atoms with E-state index < -0.39 is 5.97 Å². The fraction of sp³-hybridized carbons (Fsp3) is 0.250. The van der Waals surface area contributed by atoms with Crippen LogP contribution in [0.4, 0.5) is 5.69 Å². The molecule has 0 radical (unpaired) electrons. The number of carbonyl (C=O) groups excluding carboxylic acids is 1. The number of nitriles is 1. The molecule has 0 aliphatic heterocycles. The first-order valence-electron chi connectivity index (χ1n) is 5.26. The van der Waals surface area contributed by atoms with Gasteiger partial charge in [0.05, 0.1) is 19.4 Å². The molecule has 1 N–H and O–H groups in total.